The maximum Gasteiger partial charge on any atom is 0.422 e. The zero-order chi connectivity index (χ0) is 21.9. The zero-order valence-electron chi connectivity index (χ0n) is 13.9. The Bertz CT molecular complexity index is 928. The van der Waals surface area contributed by atoms with Crippen LogP contribution in [-0.4, -0.2) is 44.0 Å². The molecule has 2 aromatic rings. The molecule has 7 nitrogen and oxygen atoms in total. The lowest BCUT2D eigenvalue weighted by atomic mass is 10.3. The number of nitrogens with zero attached hydrogens (tertiary/aromatic N) is 2. The molecule has 1 aromatic heterocycles. The fraction of sp³-hybridized carbons (Fsp3) is 0.286. The third-order valence-corrected chi connectivity index (χ3v) is 4.22. The van der Waals surface area contributed by atoms with E-state index in [-0.39, 0.29) is 5.69 Å². The molecule has 160 valence electrons. The Morgan fingerprint density at radius 3 is 1.90 bits per heavy atom. The van der Waals surface area contributed by atoms with Crippen molar-refractivity contribution in [1.29, 1.82) is 0 Å². The van der Waals surface area contributed by atoms with Crippen LogP contribution in [0.4, 0.5) is 36.4 Å². The molecule has 0 saturated heterocycles. The number of benzene rings is 1. The molecule has 0 amide bonds. The minimum absolute atomic E-state index is 0.377. The number of nitrogens with one attached hydrogen (secondary N) is 1. The number of hydrogen-bond acceptors (Lipinski definition) is 6. The first-order valence-electron chi connectivity index (χ1n) is 7.29. The second kappa shape index (κ2) is 8.26. The molecule has 15 heteroatoms. The van der Waals surface area contributed by atoms with Crippen LogP contribution in [0.25, 0.3) is 0 Å². The monoisotopic (exact) mass is 449 g/mol. The van der Waals surface area contributed by atoms with Crippen molar-refractivity contribution in [3.05, 3.63) is 36.4 Å². The van der Waals surface area contributed by atoms with Crippen LogP contribution >= 0.6 is 0 Å². The van der Waals surface area contributed by atoms with E-state index in [1.54, 1.807) is 4.72 Å². The highest BCUT2D eigenvalue weighted by molar-refractivity contribution is 7.93. The van der Waals surface area contributed by atoms with Gasteiger partial charge in [-0.25, -0.2) is 22.8 Å². The fourth-order valence-electron chi connectivity index (χ4n) is 1.84. The van der Waals surface area contributed by atoms with Gasteiger partial charge in [0.15, 0.2) is 13.2 Å². The summed E-state index contributed by atoms with van der Waals surface area (Å²) in [6.07, 6.45) is -9.36. The van der Waals surface area contributed by atoms with Crippen LogP contribution in [0, 0.1) is 5.82 Å². The number of anilines is 1. The highest BCUT2D eigenvalue weighted by atomic mass is 32.2. The molecule has 0 fully saturated rings. The standard InChI is InChI=1S/C14H10F7N3O4S/c15-8-2-1-3-9(4-8)24-29(25,26)10-11(27-5-13(16,17)18)22-7-23-12(10)28-6-14(19,20)21/h1-4,7,24H,5-6H2. The Hall–Kier alpha value is -2.84. The maximum atomic E-state index is 13.2. The average Bonchev–Trinajstić information content (AvgIpc) is 2.56. The van der Waals surface area contributed by atoms with E-state index in [4.69, 9.17) is 0 Å². The van der Waals surface area contributed by atoms with E-state index in [9.17, 15) is 39.2 Å². The Morgan fingerprint density at radius 1 is 0.931 bits per heavy atom. The van der Waals surface area contributed by atoms with Gasteiger partial charge in [0.25, 0.3) is 10.0 Å². The second-order valence-corrected chi connectivity index (χ2v) is 6.86. The number of rotatable bonds is 7. The number of hydrogen-bond donors (Lipinski definition) is 1. The van der Waals surface area contributed by atoms with Crippen LogP contribution in [0.15, 0.2) is 35.5 Å². The highest BCUT2D eigenvalue weighted by Gasteiger charge is 2.35. The van der Waals surface area contributed by atoms with E-state index >= 15 is 0 Å². The molecule has 0 unspecified atom stereocenters. The van der Waals surface area contributed by atoms with Gasteiger partial charge in [-0.15, -0.1) is 0 Å². The maximum absolute atomic E-state index is 13.2. The highest BCUT2D eigenvalue weighted by Crippen LogP contribution is 2.33. The summed E-state index contributed by atoms with van der Waals surface area (Å²) in [5.74, 6) is -3.28. The van der Waals surface area contributed by atoms with E-state index in [1.807, 2.05) is 0 Å². The first-order chi connectivity index (χ1) is 13.3. The summed E-state index contributed by atoms with van der Waals surface area (Å²) in [4.78, 5) is 5.13. The third kappa shape index (κ3) is 6.92. The third-order valence-electron chi connectivity index (χ3n) is 2.83. The van der Waals surface area contributed by atoms with Gasteiger partial charge in [0, 0.05) is 0 Å². The molecule has 0 radical (unpaired) electrons. The number of halogens is 7. The summed E-state index contributed by atoms with van der Waals surface area (Å²) < 4.78 is 123. The van der Waals surface area contributed by atoms with E-state index in [0.717, 1.165) is 18.2 Å². The molecule has 1 N–H and O–H groups in total. The fourth-order valence-corrected chi connectivity index (χ4v) is 3.06. The molecule has 0 aliphatic heterocycles. The van der Waals surface area contributed by atoms with Gasteiger partial charge in [-0.3, -0.25) is 4.72 Å². The average molecular weight is 449 g/mol. The predicted octanol–water partition coefficient (Wildman–Crippen LogP) is 3.30. The minimum atomic E-state index is -4.95. The smallest absolute Gasteiger partial charge is 0.422 e. The van der Waals surface area contributed by atoms with Crippen molar-refractivity contribution < 1.29 is 48.6 Å². The molecule has 0 aliphatic rings. The molecule has 1 heterocycles. The van der Waals surface area contributed by atoms with Crippen molar-refractivity contribution >= 4 is 15.7 Å². The lowest BCUT2D eigenvalue weighted by Gasteiger charge is -2.16. The van der Waals surface area contributed by atoms with Gasteiger partial charge in [0.05, 0.1) is 5.69 Å². The molecule has 0 aliphatic carbocycles. The van der Waals surface area contributed by atoms with Crippen LogP contribution in [-0.2, 0) is 10.0 Å². The van der Waals surface area contributed by atoms with Crippen molar-refractivity contribution in [3.8, 4) is 11.8 Å². The van der Waals surface area contributed by atoms with Gasteiger partial charge in [-0.2, -0.15) is 26.3 Å². The Kier molecular flexibility index (Phi) is 6.40. The Morgan fingerprint density at radius 2 is 1.45 bits per heavy atom. The van der Waals surface area contributed by atoms with Crippen molar-refractivity contribution in [1.82, 2.24) is 9.97 Å². The van der Waals surface area contributed by atoms with Gasteiger partial charge < -0.3 is 9.47 Å². The topological polar surface area (TPSA) is 90.4 Å². The second-order valence-electron chi connectivity index (χ2n) is 5.24. The number of ether oxygens (including phenoxy) is 2. The Labute approximate surface area is 158 Å². The number of aromatic nitrogens is 2. The molecule has 0 saturated carbocycles. The SMILES string of the molecule is O=S(=O)(Nc1cccc(F)c1)c1c(OCC(F)(F)F)ncnc1OCC(F)(F)F. The van der Waals surface area contributed by atoms with Crippen LogP contribution in [0.1, 0.15) is 0 Å². The number of sulfonamides is 1. The van der Waals surface area contributed by atoms with Gasteiger partial charge in [0.1, 0.15) is 12.1 Å². The van der Waals surface area contributed by atoms with Crippen LogP contribution in [0.2, 0.25) is 0 Å². The zero-order valence-corrected chi connectivity index (χ0v) is 14.7. The van der Waals surface area contributed by atoms with Gasteiger partial charge in [0.2, 0.25) is 16.7 Å². The summed E-state index contributed by atoms with van der Waals surface area (Å²) in [5.41, 5.74) is -0.377. The number of alkyl halides is 6. The molecule has 0 bridgehead atoms. The van der Waals surface area contributed by atoms with Gasteiger partial charge in [-0.05, 0) is 18.2 Å². The van der Waals surface area contributed by atoms with Gasteiger partial charge in [-0.1, -0.05) is 6.07 Å². The molecular formula is C14H10F7N3O4S. The largest absolute Gasteiger partial charge is 0.467 e. The first-order valence-corrected chi connectivity index (χ1v) is 8.78. The van der Waals surface area contributed by atoms with E-state index in [0.29, 0.717) is 12.4 Å². The molecule has 1 aromatic carbocycles. The molecule has 0 spiro atoms. The summed E-state index contributed by atoms with van der Waals surface area (Å²) >= 11 is 0. The lowest BCUT2D eigenvalue weighted by molar-refractivity contribution is -0.155. The van der Waals surface area contributed by atoms with E-state index in [2.05, 4.69) is 19.4 Å². The normalized spacial score (nSPS) is 12.5. The summed E-state index contributed by atoms with van der Waals surface area (Å²) in [7, 11) is -4.95. The molecule has 2 rings (SSSR count). The predicted molar refractivity (Wildman–Crippen MR) is 82.3 cm³/mol. The van der Waals surface area contributed by atoms with Crippen LogP contribution < -0.4 is 14.2 Å². The Balaban J connectivity index is 2.48. The summed E-state index contributed by atoms with van der Waals surface area (Å²) in [6.45, 7) is -3.99. The van der Waals surface area contributed by atoms with Crippen molar-refractivity contribution in [3.63, 3.8) is 0 Å². The van der Waals surface area contributed by atoms with E-state index in [1.165, 1.54) is 0 Å². The quantitative estimate of drug-likeness (QED) is 0.653. The van der Waals surface area contributed by atoms with Crippen LogP contribution in [0.5, 0.6) is 11.8 Å². The van der Waals surface area contributed by atoms with Crippen LogP contribution in [0.3, 0.4) is 0 Å². The minimum Gasteiger partial charge on any atom is -0.467 e. The lowest BCUT2D eigenvalue weighted by Crippen LogP contribution is -2.24. The molecule has 0 atom stereocenters. The van der Waals surface area contributed by atoms with Crippen molar-refractivity contribution in [2.75, 3.05) is 17.9 Å². The first kappa shape index (κ1) is 22.4. The van der Waals surface area contributed by atoms with Crippen molar-refractivity contribution in [2.24, 2.45) is 0 Å². The summed E-state index contributed by atoms with van der Waals surface area (Å²) in [5, 5.41) is 0. The van der Waals surface area contributed by atoms with E-state index < -0.39 is 58.1 Å². The molecular weight excluding hydrogens is 439 g/mol. The molecule has 29 heavy (non-hydrogen) atoms. The van der Waals surface area contributed by atoms with Crippen molar-refractivity contribution in [2.45, 2.75) is 17.2 Å². The summed E-state index contributed by atoms with van der Waals surface area (Å²) in [6, 6.07) is 3.88. The van der Waals surface area contributed by atoms with Gasteiger partial charge >= 0.3 is 12.4 Å².